The van der Waals surface area contributed by atoms with Crippen LogP contribution in [-0.4, -0.2) is 43.4 Å². The molecule has 0 saturated carbocycles. The third kappa shape index (κ3) is 7.43. The molecule has 0 radical (unpaired) electrons. The standard InChI is InChI=1S/C11H21N3OS/c1-10(2)9-14(7-4-5-12)11(16)13-6-8-15-3/h10H,4,6-9H2,1-3H3,(H,13,16). The summed E-state index contributed by atoms with van der Waals surface area (Å²) in [6.07, 6.45) is 0.499. The van der Waals surface area contributed by atoms with Crippen LogP contribution in [0.15, 0.2) is 0 Å². The van der Waals surface area contributed by atoms with Crippen LogP contribution in [0.3, 0.4) is 0 Å². The van der Waals surface area contributed by atoms with Gasteiger partial charge in [0.2, 0.25) is 0 Å². The van der Waals surface area contributed by atoms with Crippen molar-refractivity contribution in [3.63, 3.8) is 0 Å². The Morgan fingerprint density at radius 1 is 1.56 bits per heavy atom. The summed E-state index contributed by atoms with van der Waals surface area (Å²) in [7, 11) is 1.66. The molecule has 5 heteroatoms. The second kappa shape index (κ2) is 9.37. The van der Waals surface area contributed by atoms with E-state index in [2.05, 4.69) is 25.2 Å². The van der Waals surface area contributed by atoms with E-state index < -0.39 is 0 Å². The van der Waals surface area contributed by atoms with Crippen LogP contribution in [0.5, 0.6) is 0 Å². The molecule has 0 aromatic heterocycles. The van der Waals surface area contributed by atoms with Gasteiger partial charge in [0.05, 0.1) is 19.1 Å². The van der Waals surface area contributed by atoms with Crippen LogP contribution < -0.4 is 5.32 Å². The number of hydrogen-bond donors (Lipinski definition) is 1. The highest BCUT2D eigenvalue weighted by Gasteiger charge is 2.10. The average Bonchev–Trinajstić information content (AvgIpc) is 2.23. The number of thiocarbonyl (C=S) groups is 1. The van der Waals surface area contributed by atoms with Crippen LogP contribution in [0.1, 0.15) is 20.3 Å². The molecule has 0 bridgehead atoms. The van der Waals surface area contributed by atoms with E-state index in [-0.39, 0.29) is 0 Å². The van der Waals surface area contributed by atoms with Crippen LogP contribution in [0.25, 0.3) is 0 Å². The molecule has 0 saturated heterocycles. The van der Waals surface area contributed by atoms with Gasteiger partial charge in [-0.25, -0.2) is 0 Å². The smallest absolute Gasteiger partial charge is 0.169 e. The maximum absolute atomic E-state index is 8.58. The van der Waals surface area contributed by atoms with Crippen molar-refractivity contribution in [1.29, 1.82) is 5.26 Å². The molecule has 16 heavy (non-hydrogen) atoms. The highest BCUT2D eigenvalue weighted by molar-refractivity contribution is 7.80. The number of nitriles is 1. The van der Waals surface area contributed by atoms with Crippen molar-refractivity contribution in [2.75, 3.05) is 33.4 Å². The van der Waals surface area contributed by atoms with Crippen LogP contribution in [-0.2, 0) is 4.74 Å². The lowest BCUT2D eigenvalue weighted by Gasteiger charge is -2.26. The maximum atomic E-state index is 8.58. The summed E-state index contributed by atoms with van der Waals surface area (Å²) in [4.78, 5) is 2.04. The number of rotatable bonds is 7. The molecule has 0 heterocycles. The van der Waals surface area contributed by atoms with E-state index in [1.54, 1.807) is 7.11 Å². The minimum absolute atomic E-state index is 0.499. The molecule has 92 valence electrons. The Balaban J connectivity index is 4.05. The molecular weight excluding hydrogens is 222 g/mol. The Bertz CT molecular complexity index is 238. The fourth-order valence-corrected chi connectivity index (χ4v) is 1.54. The van der Waals surface area contributed by atoms with E-state index >= 15 is 0 Å². The topological polar surface area (TPSA) is 48.3 Å². The normalized spacial score (nSPS) is 9.94. The van der Waals surface area contributed by atoms with Gasteiger partial charge in [-0.1, -0.05) is 13.8 Å². The van der Waals surface area contributed by atoms with Crippen LogP contribution in [0.4, 0.5) is 0 Å². The Morgan fingerprint density at radius 3 is 2.75 bits per heavy atom. The van der Waals surface area contributed by atoms with Crippen molar-refractivity contribution < 1.29 is 4.74 Å². The fourth-order valence-electron chi connectivity index (χ4n) is 1.27. The van der Waals surface area contributed by atoms with Gasteiger partial charge in [-0.05, 0) is 18.1 Å². The molecule has 0 aliphatic heterocycles. The zero-order valence-corrected chi connectivity index (χ0v) is 11.1. The molecule has 0 aromatic carbocycles. The van der Waals surface area contributed by atoms with Gasteiger partial charge in [-0.15, -0.1) is 0 Å². The van der Waals surface area contributed by atoms with Crippen molar-refractivity contribution in [3.8, 4) is 6.07 Å². The Labute approximate surface area is 104 Å². The second-order valence-electron chi connectivity index (χ2n) is 3.97. The molecule has 0 aliphatic rings. The number of methoxy groups -OCH3 is 1. The highest BCUT2D eigenvalue weighted by Crippen LogP contribution is 2.00. The summed E-state index contributed by atoms with van der Waals surface area (Å²) < 4.78 is 4.94. The Kier molecular flexibility index (Phi) is 8.87. The zero-order chi connectivity index (χ0) is 12.4. The number of ether oxygens (including phenoxy) is 1. The summed E-state index contributed by atoms with van der Waals surface area (Å²) in [6.45, 7) is 7.17. The molecule has 0 fully saturated rings. The Hall–Kier alpha value is -0.860. The van der Waals surface area contributed by atoms with Crippen LogP contribution >= 0.6 is 12.2 Å². The van der Waals surface area contributed by atoms with Crippen molar-refractivity contribution in [2.24, 2.45) is 5.92 Å². The van der Waals surface area contributed by atoms with E-state index in [9.17, 15) is 0 Å². The quantitative estimate of drug-likeness (QED) is 0.541. The third-order valence-corrected chi connectivity index (χ3v) is 2.35. The predicted molar refractivity (Wildman–Crippen MR) is 69.1 cm³/mol. The first-order valence-corrected chi connectivity index (χ1v) is 5.91. The SMILES string of the molecule is COCCNC(=S)N(CCC#N)CC(C)C. The highest BCUT2D eigenvalue weighted by atomic mass is 32.1. The minimum atomic E-state index is 0.499. The number of nitrogens with zero attached hydrogens (tertiary/aromatic N) is 2. The van der Waals surface area contributed by atoms with Crippen LogP contribution in [0, 0.1) is 17.2 Å². The van der Waals surface area contributed by atoms with Crippen molar-refractivity contribution in [3.05, 3.63) is 0 Å². The van der Waals surface area contributed by atoms with Crippen LogP contribution in [0.2, 0.25) is 0 Å². The molecule has 1 N–H and O–H groups in total. The largest absolute Gasteiger partial charge is 0.383 e. The lowest BCUT2D eigenvalue weighted by molar-refractivity contribution is 0.202. The van der Waals surface area contributed by atoms with E-state index in [0.717, 1.165) is 6.54 Å². The molecule has 4 nitrogen and oxygen atoms in total. The number of hydrogen-bond acceptors (Lipinski definition) is 3. The first kappa shape index (κ1) is 15.1. The minimum Gasteiger partial charge on any atom is -0.383 e. The third-order valence-electron chi connectivity index (χ3n) is 1.95. The lowest BCUT2D eigenvalue weighted by Crippen LogP contribution is -2.43. The molecular formula is C11H21N3OS. The van der Waals surface area contributed by atoms with Crippen molar-refractivity contribution >= 4 is 17.3 Å². The molecule has 0 amide bonds. The number of nitrogens with one attached hydrogen (secondary N) is 1. The van der Waals surface area contributed by atoms with Gasteiger partial charge in [0, 0.05) is 26.7 Å². The molecule has 0 atom stereocenters. The molecule has 0 aliphatic carbocycles. The second-order valence-corrected chi connectivity index (χ2v) is 4.36. The van der Waals surface area contributed by atoms with Gasteiger partial charge in [0.15, 0.2) is 5.11 Å². The Morgan fingerprint density at radius 2 is 2.25 bits per heavy atom. The summed E-state index contributed by atoms with van der Waals surface area (Å²) in [5.41, 5.74) is 0. The average molecular weight is 243 g/mol. The monoisotopic (exact) mass is 243 g/mol. The molecule has 0 aromatic rings. The predicted octanol–water partition coefficient (Wildman–Crippen LogP) is 1.38. The first-order chi connectivity index (χ1) is 7.61. The fraction of sp³-hybridized carbons (Fsp3) is 0.818. The van der Waals surface area contributed by atoms with Gasteiger partial charge >= 0.3 is 0 Å². The van der Waals surface area contributed by atoms with Crippen molar-refractivity contribution in [1.82, 2.24) is 10.2 Å². The van der Waals surface area contributed by atoms with Gasteiger partial charge in [-0.2, -0.15) is 5.26 Å². The van der Waals surface area contributed by atoms with Gasteiger partial charge in [-0.3, -0.25) is 0 Å². The van der Waals surface area contributed by atoms with E-state index in [4.69, 9.17) is 22.2 Å². The molecule has 0 rings (SSSR count). The summed E-state index contributed by atoms with van der Waals surface area (Å²) >= 11 is 5.27. The summed E-state index contributed by atoms with van der Waals surface area (Å²) in [6, 6.07) is 2.14. The van der Waals surface area contributed by atoms with Gasteiger partial charge < -0.3 is 15.0 Å². The zero-order valence-electron chi connectivity index (χ0n) is 10.3. The van der Waals surface area contributed by atoms with Gasteiger partial charge in [0.1, 0.15) is 0 Å². The molecule has 0 spiro atoms. The van der Waals surface area contributed by atoms with Gasteiger partial charge in [0.25, 0.3) is 0 Å². The molecule has 0 unspecified atom stereocenters. The van der Waals surface area contributed by atoms with Crippen molar-refractivity contribution in [2.45, 2.75) is 20.3 Å². The first-order valence-electron chi connectivity index (χ1n) is 5.50. The lowest BCUT2D eigenvalue weighted by atomic mass is 10.2. The van der Waals surface area contributed by atoms with E-state index in [1.807, 2.05) is 4.90 Å². The van der Waals surface area contributed by atoms with E-state index in [0.29, 0.717) is 37.1 Å². The summed E-state index contributed by atoms with van der Waals surface area (Å²) in [5, 5.41) is 12.4. The maximum Gasteiger partial charge on any atom is 0.169 e. The summed E-state index contributed by atoms with van der Waals surface area (Å²) in [5.74, 6) is 0.529. The van der Waals surface area contributed by atoms with E-state index in [1.165, 1.54) is 0 Å².